The molecule has 0 aliphatic heterocycles. The Bertz CT molecular complexity index is 177. The molecule has 0 radical (unpaired) electrons. The molecule has 0 saturated carbocycles. The molecule has 0 aliphatic carbocycles. The molecule has 0 unspecified atom stereocenters. The average molecular weight is 260 g/mol. The average Bonchev–Trinajstić information content (AvgIpc) is 2.28. The van der Waals surface area contributed by atoms with Crippen LogP contribution in [0.25, 0.3) is 0 Å². The fraction of sp³-hybridized carbons (Fsp3) is 1.00. The van der Waals surface area contributed by atoms with Crippen LogP contribution in [0.4, 0.5) is 0 Å². The summed E-state index contributed by atoms with van der Waals surface area (Å²) in [4.78, 5) is 0. The van der Waals surface area contributed by atoms with Gasteiger partial charge in [-0.15, -0.1) is 0 Å². The van der Waals surface area contributed by atoms with Crippen LogP contribution in [0, 0.1) is 0 Å². The third-order valence-corrected chi connectivity index (χ3v) is 2.13. The molecule has 7 heteroatoms. The third kappa shape index (κ3) is 11.0. The van der Waals surface area contributed by atoms with Crippen LogP contribution in [-0.2, 0) is 18.6 Å². The minimum Gasteiger partial charge on any atom is -0.427 e. The highest BCUT2D eigenvalue weighted by molar-refractivity contribution is 6.42. The first-order valence-corrected chi connectivity index (χ1v) is 6.78. The molecular formula is C11H26B2O5. The van der Waals surface area contributed by atoms with Crippen LogP contribution < -0.4 is 0 Å². The van der Waals surface area contributed by atoms with Gasteiger partial charge in [-0.2, -0.15) is 0 Å². The smallest absolute Gasteiger partial charge is 0.427 e. The Morgan fingerprint density at radius 3 is 2.11 bits per heavy atom. The summed E-state index contributed by atoms with van der Waals surface area (Å²) in [6, 6.07) is 0. The van der Waals surface area contributed by atoms with Crippen molar-refractivity contribution in [3.63, 3.8) is 0 Å². The standard InChI is InChI=1S/C11H26B2O5/c1-5-15-13(16-6-2)17-10-8-7-9-12(14)18-11(3)4/h11,14H,5-10H2,1-4H3. The van der Waals surface area contributed by atoms with Gasteiger partial charge in [-0.25, -0.2) is 0 Å². The second-order valence-electron chi connectivity index (χ2n) is 4.21. The van der Waals surface area contributed by atoms with Gasteiger partial charge in [0.15, 0.2) is 0 Å². The molecule has 0 aromatic carbocycles. The van der Waals surface area contributed by atoms with Gasteiger partial charge < -0.3 is 23.6 Å². The molecule has 0 amide bonds. The summed E-state index contributed by atoms with van der Waals surface area (Å²) in [7, 11) is -1.25. The van der Waals surface area contributed by atoms with Gasteiger partial charge in [0.2, 0.25) is 0 Å². The largest absolute Gasteiger partial charge is 0.639 e. The summed E-state index contributed by atoms with van der Waals surface area (Å²) in [6.07, 6.45) is 2.36. The van der Waals surface area contributed by atoms with Crippen LogP contribution in [0.5, 0.6) is 0 Å². The lowest BCUT2D eigenvalue weighted by molar-refractivity contribution is 0.101. The van der Waals surface area contributed by atoms with Crippen molar-refractivity contribution in [2.75, 3.05) is 19.8 Å². The van der Waals surface area contributed by atoms with E-state index in [2.05, 4.69) is 0 Å². The maximum absolute atomic E-state index is 9.48. The number of hydrogen-bond acceptors (Lipinski definition) is 5. The predicted octanol–water partition coefficient (Wildman–Crippen LogP) is 1.75. The van der Waals surface area contributed by atoms with Crippen molar-refractivity contribution in [1.29, 1.82) is 0 Å². The lowest BCUT2D eigenvalue weighted by atomic mass is 9.82. The molecule has 5 nitrogen and oxygen atoms in total. The summed E-state index contributed by atoms with van der Waals surface area (Å²) in [5.74, 6) is 0. The maximum Gasteiger partial charge on any atom is 0.639 e. The van der Waals surface area contributed by atoms with E-state index in [4.69, 9.17) is 18.6 Å². The van der Waals surface area contributed by atoms with Crippen molar-refractivity contribution in [3.05, 3.63) is 0 Å². The monoisotopic (exact) mass is 260 g/mol. The second kappa shape index (κ2) is 12.0. The minimum atomic E-state index is -0.681. The summed E-state index contributed by atoms with van der Waals surface area (Å²) in [5, 5.41) is 9.48. The van der Waals surface area contributed by atoms with Crippen LogP contribution >= 0.6 is 0 Å². The Morgan fingerprint density at radius 1 is 1.00 bits per heavy atom. The molecule has 106 valence electrons. The Kier molecular flexibility index (Phi) is 11.9. The molecule has 0 aromatic heterocycles. The summed E-state index contributed by atoms with van der Waals surface area (Å²) in [5.41, 5.74) is 0. The number of hydrogen-bond donors (Lipinski definition) is 1. The zero-order valence-corrected chi connectivity index (χ0v) is 12.1. The molecule has 1 N–H and O–H groups in total. The fourth-order valence-electron chi connectivity index (χ4n) is 1.40. The van der Waals surface area contributed by atoms with Crippen LogP contribution in [0.15, 0.2) is 0 Å². The highest BCUT2D eigenvalue weighted by atomic mass is 16.7. The van der Waals surface area contributed by atoms with E-state index >= 15 is 0 Å². The van der Waals surface area contributed by atoms with Gasteiger partial charge in [0, 0.05) is 25.9 Å². The normalized spacial score (nSPS) is 11.0. The van der Waals surface area contributed by atoms with Gasteiger partial charge in [-0.3, -0.25) is 0 Å². The Morgan fingerprint density at radius 2 is 1.61 bits per heavy atom. The highest BCUT2D eigenvalue weighted by Gasteiger charge is 2.19. The quantitative estimate of drug-likeness (QED) is 0.428. The lowest BCUT2D eigenvalue weighted by Crippen LogP contribution is -2.28. The molecule has 18 heavy (non-hydrogen) atoms. The van der Waals surface area contributed by atoms with Gasteiger partial charge in [-0.05, 0) is 40.4 Å². The minimum absolute atomic E-state index is 0.0524. The second-order valence-corrected chi connectivity index (χ2v) is 4.21. The molecule has 0 atom stereocenters. The Labute approximate surface area is 111 Å². The van der Waals surface area contributed by atoms with Crippen molar-refractivity contribution in [1.82, 2.24) is 0 Å². The molecular weight excluding hydrogens is 234 g/mol. The Hall–Kier alpha value is -0.0701. The van der Waals surface area contributed by atoms with Gasteiger partial charge >= 0.3 is 14.4 Å². The van der Waals surface area contributed by atoms with E-state index in [9.17, 15) is 5.02 Å². The molecule has 0 aromatic rings. The molecule has 0 fully saturated rings. The predicted molar refractivity (Wildman–Crippen MR) is 73.2 cm³/mol. The van der Waals surface area contributed by atoms with E-state index in [1.54, 1.807) is 0 Å². The van der Waals surface area contributed by atoms with Gasteiger partial charge in [0.25, 0.3) is 0 Å². The Balaban J connectivity index is 3.47. The molecule has 0 aliphatic rings. The van der Waals surface area contributed by atoms with E-state index in [-0.39, 0.29) is 6.10 Å². The van der Waals surface area contributed by atoms with E-state index in [0.717, 1.165) is 12.8 Å². The zero-order chi connectivity index (χ0) is 13.8. The van der Waals surface area contributed by atoms with E-state index < -0.39 is 14.4 Å². The van der Waals surface area contributed by atoms with Crippen molar-refractivity contribution >= 4 is 14.4 Å². The molecule has 0 heterocycles. The van der Waals surface area contributed by atoms with Crippen molar-refractivity contribution in [2.45, 2.75) is 53.0 Å². The van der Waals surface area contributed by atoms with Crippen molar-refractivity contribution in [3.8, 4) is 0 Å². The van der Waals surface area contributed by atoms with Gasteiger partial charge in [0.05, 0.1) is 0 Å². The molecule has 0 saturated heterocycles. The topological polar surface area (TPSA) is 57.2 Å². The van der Waals surface area contributed by atoms with E-state index in [1.165, 1.54) is 0 Å². The summed E-state index contributed by atoms with van der Waals surface area (Å²) in [6.45, 7) is 9.28. The first-order valence-electron chi connectivity index (χ1n) is 6.78. The van der Waals surface area contributed by atoms with E-state index in [1.807, 2.05) is 27.7 Å². The van der Waals surface area contributed by atoms with Gasteiger partial charge in [-0.1, -0.05) is 6.42 Å². The first kappa shape index (κ1) is 17.9. The van der Waals surface area contributed by atoms with Crippen LogP contribution in [-0.4, -0.2) is 45.4 Å². The third-order valence-electron chi connectivity index (χ3n) is 2.13. The SMILES string of the molecule is CCOB(OCC)OCCCCB(O)OC(C)C. The molecule has 0 rings (SSSR count). The maximum atomic E-state index is 9.48. The lowest BCUT2D eigenvalue weighted by Gasteiger charge is -2.13. The molecule has 0 spiro atoms. The van der Waals surface area contributed by atoms with Gasteiger partial charge in [0.1, 0.15) is 0 Å². The van der Waals surface area contributed by atoms with Crippen LogP contribution in [0.3, 0.4) is 0 Å². The highest BCUT2D eigenvalue weighted by Crippen LogP contribution is 2.04. The van der Waals surface area contributed by atoms with Crippen LogP contribution in [0.2, 0.25) is 6.32 Å². The summed E-state index contributed by atoms with van der Waals surface area (Å²) < 4.78 is 21.1. The zero-order valence-electron chi connectivity index (χ0n) is 12.1. The number of unbranched alkanes of at least 4 members (excludes halogenated alkanes) is 1. The summed E-state index contributed by atoms with van der Waals surface area (Å²) >= 11 is 0. The first-order chi connectivity index (χ1) is 8.60. The number of rotatable bonds is 12. The van der Waals surface area contributed by atoms with Crippen molar-refractivity contribution in [2.24, 2.45) is 0 Å². The van der Waals surface area contributed by atoms with Crippen LogP contribution in [0.1, 0.15) is 40.5 Å². The van der Waals surface area contributed by atoms with Crippen molar-refractivity contribution < 1.29 is 23.6 Å². The fourth-order valence-corrected chi connectivity index (χ4v) is 1.40. The van der Waals surface area contributed by atoms with E-state index in [0.29, 0.717) is 26.1 Å². The molecule has 0 bridgehead atoms.